The van der Waals surface area contributed by atoms with Crippen molar-refractivity contribution in [1.29, 1.82) is 0 Å². The summed E-state index contributed by atoms with van der Waals surface area (Å²) in [7, 11) is 1.49. The molecule has 4 N–H and O–H groups in total. The summed E-state index contributed by atoms with van der Waals surface area (Å²) in [6, 6.07) is -0.799. The van der Waals surface area contributed by atoms with Crippen LogP contribution >= 0.6 is 0 Å². The number of methoxy groups -OCH3 is 1. The normalized spacial score (nSPS) is 9.65. The number of carboxylic acids is 1. The Morgan fingerprint density at radius 3 is 2.35 bits per heavy atom. The highest BCUT2D eigenvalue weighted by atomic mass is 16.5. The molecule has 20 heavy (non-hydrogen) atoms. The molecule has 0 heterocycles. The molecule has 0 saturated heterocycles. The first kappa shape index (κ1) is 17.8. The molecule has 0 rings (SSSR count). The van der Waals surface area contributed by atoms with E-state index in [0.717, 1.165) is 0 Å². The van der Waals surface area contributed by atoms with Crippen LogP contribution in [0.3, 0.4) is 0 Å². The standard InChI is InChI=1S/C11H19N3O6/c1-20-6-5-12-9(16)7-13-11(19)14-8(15)3-2-4-10(17)18/h2-7H2,1H3,(H,12,16)(H,17,18)(H2,13,14,15,19). The molecule has 0 aliphatic heterocycles. The Kier molecular flexibility index (Phi) is 9.57. The zero-order chi connectivity index (χ0) is 15.4. The SMILES string of the molecule is COCCNC(=O)CNC(=O)NC(=O)CCCC(=O)O. The van der Waals surface area contributed by atoms with Crippen LogP contribution in [0.5, 0.6) is 0 Å². The molecule has 0 aromatic carbocycles. The van der Waals surface area contributed by atoms with Gasteiger partial charge in [0.05, 0.1) is 13.2 Å². The largest absolute Gasteiger partial charge is 0.481 e. The fraction of sp³-hybridized carbons (Fsp3) is 0.636. The van der Waals surface area contributed by atoms with Crippen LogP contribution in [0.1, 0.15) is 19.3 Å². The van der Waals surface area contributed by atoms with Crippen molar-refractivity contribution in [3.63, 3.8) is 0 Å². The van der Waals surface area contributed by atoms with Gasteiger partial charge in [-0.3, -0.25) is 19.7 Å². The lowest BCUT2D eigenvalue weighted by Gasteiger charge is -2.07. The Bertz CT molecular complexity index is 358. The Labute approximate surface area is 116 Å². The van der Waals surface area contributed by atoms with E-state index >= 15 is 0 Å². The average molecular weight is 289 g/mol. The molecule has 0 spiro atoms. The molecule has 0 aromatic rings. The van der Waals surface area contributed by atoms with Gasteiger partial charge in [0.15, 0.2) is 0 Å². The molecule has 0 fully saturated rings. The fourth-order valence-electron chi connectivity index (χ4n) is 1.15. The molecular formula is C11H19N3O6. The van der Waals surface area contributed by atoms with E-state index in [0.29, 0.717) is 13.2 Å². The summed E-state index contributed by atoms with van der Waals surface area (Å²) in [5.41, 5.74) is 0. The summed E-state index contributed by atoms with van der Waals surface area (Å²) < 4.78 is 4.72. The summed E-state index contributed by atoms with van der Waals surface area (Å²) in [5.74, 6) is -2.01. The monoisotopic (exact) mass is 289 g/mol. The first-order valence-corrected chi connectivity index (χ1v) is 6.00. The van der Waals surface area contributed by atoms with Gasteiger partial charge in [0.2, 0.25) is 11.8 Å². The number of hydrogen-bond donors (Lipinski definition) is 4. The number of amides is 4. The summed E-state index contributed by atoms with van der Waals surface area (Å²) in [6.07, 6.45) is -0.0668. The van der Waals surface area contributed by atoms with Crippen molar-refractivity contribution in [2.24, 2.45) is 0 Å². The van der Waals surface area contributed by atoms with Gasteiger partial charge in [-0.25, -0.2) is 4.79 Å². The maximum absolute atomic E-state index is 11.2. The van der Waals surface area contributed by atoms with Crippen LogP contribution in [0.15, 0.2) is 0 Å². The minimum atomic E-state index is -1.00. The lowest BCUT2D eigenvalue weighted by atomic mass is 10.2. The molecule has 9 heteroatoms. The number of urea groups is 1. The summed E-state index contributed by atoms with van der Waals surface area (Å²) in [4.78, 5) is 43.8. The van der Waals surface area contributed by atoms with E-state index in [1.54, 1.807) is 0 Å². The summed E-state index contributed by atoms with van der Waals surface area (Å²) in [6.45, 7) is 0.421. The number of carbonyl (C=O) groups excluding carboxylic acids is 3. The second-order valence-corrected chi connectivity index (χ2v) is 3.82. The van der Waals surface area contributed by atoms with Crippen molar-refractivity contribution >= 4 is 23.8 Å². The quantitative estimate of drug-likeness (QED) is 0.395. The van der Waals surface area contributed by atoms with E-state index in [1.807, 2.05) is 5.32 Å². The van der Waals surface area contributed by atoms with Gasteiger partial charge in [-0.15, -0.1) is 0 Å². The highest BCUT2D eigenvalue weighted by Crippen LogP contribution is 1.94. The molecule has 0 saturated carbocycles. The third-order valence-corrected chi connectivity index (χ3v) is 2.09. The van der Waals surface area contributed by atoms with E-state index in [9.17, 15) is 19.2 Å². The van der Waals surface area contributed by atoms with Gasteiger partial charge in [-0.05, 0) is 6.42 Å². The third kappa shape index (κ3) is 11.0. The van der Waals surface area contributed by atoms with Crippen LogP contribution in [0.25, 0.3) is 0 Å². The van der Waals surface area contributed by atoms with Gasteiger partial charge in [0.25, 0.3) is 0 Å². The highest BCUT2D eigenvalue weighted by Gasteiger charge is 2.09. The van der Waals surface area contributed by atoms with E-state index in [2.05, 4.69) is 10.6 Å². The molecule has 0 bridgehead atoms. The summed E-state index contributed by atoms with van der Waals surface area (Å²) in [5, 5.41) is 15.0. The highest BCUT2D eigenvalue weighted by molar-refractivity contribution is 5.95. The lowest BCUT2D eigenvalue weighted by Crippen LogP contribution is -2.44. The topological polar surface area (TPSA) is 134 Å². The van der Waals surface area contributed by atoms with Crippen molar-refractivity contribution in [1.82, 2.24) is 16.0 Å². The molecule has 4 amide bonds. The predicted molar refractivity (Wildman–Crippen MR) is 67.9 cm³/mol. The maximum Gasteiger partial charge on any atom is 0.321 e. The molecule has 0 aliphatic rings. The average Bonchev–Trinajstić information content (AvgIpc) is 2.36. The number of aliphatic carboxylic acids is 1. The second kappa shape index (κ2) is 10.7. The van der Waals surface area contributed by atoms with Crippen LogP contribution in [-0.2, 0) is 19.1 Å². The number of hydrogen-bond acceptors (Lipinski definition) is 5. The van der Waals surface area contributed by atoms with Gasteiger partial charge in [-0.2, -0.15) is 0 Å². The van der Waals surface area contributed by atoms with Gasteiger partial charge >= 0.3 is 12.0 Å². The maximum atomic E-state index is 11.2. The van der Waals surface area contributed by atoms with E-state index in [4.69, 9.17) is 9.84 Å². The summed E-state index contributed by atoms with van der Waals surface area (Å²) >= 11 is 0. The molecular weight excluding hydrogens is 270 g/mol. The number of nitrogens with one attached hydrogen (secondary N) is 3. The lowest BCUT2D eigenvalue weighted by molar-refractivity contribution is -0.137. The molecule has 114 valence electrons. The van der Waals surface area contributed by atoms with Gasteiger partial charge in [0, 0.05) is 26.5 Å². The van der Waals surface area contributed by atoms with Gasteiger partial charge in [0.1, 0.15) is 0 Å². The first-order valence-electron chi connectivity index (χ1n) is 6.00. The van der Waals surface area contributed by atoms with Crippen LogP contribution < -0.4 is 16.0 Å². The zero-order valence-electron chi connectivity index (χ0n) is 11.2. The molecule has 0 aliphatic carbocycles. The fourth-order valence-corrected chi connectivity index (χ4v) is 1.15. The first-order chi connectivity index (χ1) is 9.45. The van der Waals surface area contributed by atoms with Crippen molar-refractivity contribution in [2.45, 2.75) is 19.3 Å². The number of imide groups is 1. The van der Waals surface area contributed by atoms with Gasteiger partial charge < -0.3 is 20.5 Å². The van der Waals surface area contributed by atoms with Crippen molar-refractivity contribution in [3.8, 4) is 0 Å². The molecule has 0 aromatic heterocycles. The second-order valence-electron chi connectivity index (χ2n) is 3.82. The van der Waals surface area contributed by atoms with Gasteiger partial charge in [-0.1, -0.05) is 0 Å². The minimum Gasteiger partial charge on any atom is -0.481 e. The van der Waals surface area contributed by atoms with Crippen molar-refractivity contribution < 1.29 is 29.0 Å². The third-order valence-electron chi connectivity index (χ3n) is 2.09. The molecule has 0 atom stereocenters. The zero-order valence-corrected chi connectivity index (χ0v) is 11.2. The van der Waals surface area contributed by atoms with Crippen LogP contribution in [0.2, 0.25) is 0 Å². The number of ether oxygens (including phenoxy) is 1. The Balaban J connectivity index is 3.68. The minimum absolute atomic E-state index is 0.0697. The molecule has 9 nitrogen and oxygen atoms in total. The van der Waals surface area contributed by atoms with E-state index < -0.39 is 23.8 Å². The predicted octanol–water partition coefficient (Wildman–Crippen LogP) is -1.17. The Hall–Kier alpha value is -2.16. The van der Waals surface area contributed by atoms with Crippen molar-refractivity contribution in [3.05, 3.63) is 0 Å². The smallest absolute Gasteiger partial charge is 0.321 e. The molecule has 0 unspecified atom stereocenters. The Morgan fingerprint density at radius 1 is 1.05 bits per heavy atom. The van der Waals surface area contributed by atoms with E-state index in [1.165, 1.54) is 7.11 Å². The van der Waals surface area contributed by atoms with Crippen LogP contribution in [0.4, 0.5) is 4.79 Å². The number of carboxylic acid groups (broad SMARTS) is 1. The Morgan fingerprint density at radius 2 is 1.75 bits per heavy atom. The number of carbonyl (C=O) groups is 4. The molecule has 0 radical (unpaired) electrons. The van der Waals surface area contributed by atoms with Crippen molar-refractivity contribution in [2.75, 3.05) is 26.8 Å². The van der Waals surface area contributed by atoms with Crippen LogP contribution in [-0.4, -0.2) is 55.7 Å². The van der Waals surface area contributed by atoms with Crippen LogP contribution in [0, 0.1) is 0 Å². The van der Waals surface area contributed by atoms with E-state index in [-0.39, 0.29) is 25.8 Å². The number of rotatable bonds is 9.